The molecule has 0 saturated carbocycles. The molecule has 1 saturated heterocycles. The highest BCUT2D eigenvalue weighted by Gasteiger charge is 2.44. The molecule has 1 aromatic rings. The first-order valence-electron chi connectivity index (χ1n) is 11.5. The molecule has 4 nitrogen and oxygen atoms in total. The summed E-state index contributed by atoms with van der Waals surface area (Å²) in [5.74, 6) is 0. The molecule has 1 aromatic carbocycles. The molecular formula is C25H41NO3. The van der Waals surface area contributed by atoms with Gasteiger partial charge in [0.25, 0.3) is 0 Å². The largest absolute Gasteiger partial charge is 0.444 e. The Hall–Kier alpha value is -1.55. The summed E-state index contributed by atoms with van der Waals surface area (Å²) in [5.41, 5.74) is 0.604. The summed E-state index contributed by atoms with van der Waals surface area (Å²) in [7, 11) is 0. The van der Waals surface area contributed by atoms with Gasteiger partial charge in [-0.25, -0.2) is 4.79 Å². The van der Waals surface area contributed by atoms with Crippen molar-refractivity contribution in [3.05, 3.63) is 35.9 Å². The smallest absolute Gasteiger partial charge is 0.410 e. The molecule has 1 fully saturated rings. The zero-order chi connectivity index (χ0) is 21.3. The molecule has 29 heavy (non-hydrogen) atoms. The second kappa shape index (κ2) is 11.6. The van der Waals surface area contributed by atoms with Crippen molar-refractivity contribution in [3.63, 3.8) is 0 Å². The van der Waals surface area contributed by atoms with Gasteiger partial charge in [0.15, 0.2) is 0 Å². The number of ether oxygens (including phenoxy) is 1. The molecule has 1 heterocycles. The zero-order valence-electron chi connectivity index (χ0n) is 18.9. The summed E-state index contributed by atoms with van der Waals surface area (Å²) < 4.78 is 5.72. The normalized spacial score (nSPS) is 22.1. The quantitative estimate of drug-likeness (QED) is 0.480. The average Bonchev–Trinajstić information content (AvgIpc) is 2.96. The SMILES string of the molecule is CCCCCCCCC[C@@H]1C[C@H](O)[C@H](Cc2ccccc2)N1C(=O)OC(C)(C)C. The Balaban J connectivity index is 1.99. The second-order valence-corrected chi connectivity index (χ2v) is 9.51. The Morgan fingerprint density at radius 3 is 2.31 bits per heavy atom. The van der Waals surface area contributed by atoms with E-state index in [4.69, 9.17) is 4.74 Å². The van der Waals surface area contributed by atoms with Gasteiger partial charge in [0.05, 0.1) is 12.1 Å². The molecule has 2 rings (SSSR count). The van der Waals surface area contributed by atoms with E-state index in [9.17, 15) is 9.90 Å². The van der Waals surface area contributed by atoms with Crippen molar-refractivity contribution in [2.24, 2.45) is 0 Å². The summed E-state index contributed by atoms with van der Waals surface area (Å²) in [5, 5.41) is 10.8. The molecule has 0 aromatic heterocycles. The van der Waals surface area contributed by atoms with Crippen LogP contribution < -0.4 is 0 Å². The Labute approximate surface area is 177 Å². The fourth-order valence-corrected chi connectivity index (χ4v) is 4.29. The predicted molar refractivity (Wildman–Crippen MR) is 119 cm³/mol. The summed E-state index contributed by atoms with van der Waals surface area (Å²) in [6.45, 7) is 7.93. The maximum absolute atomic E-state index is 13.0. The minimum atomic E-state index is -0.536. The first-order valence-corrected chi connectivity index (χ1v) is 11.5. The second-order valence-electron chi connectivity index (χ2n) is 9.51. The van der Waals surface area contributed by atoms with Crippen LogP contribution in [0.15, 0.2) is 30.3 Å². The monoisotopic (exact) mass is 403 g/mol. The van der Waals surface area contributed by atoms with Gasteiger partial charge in [-0.05, 0) is 45.6 Å². The number of amides is 1. The van der Waals surface area contributed by atoms with Crippen LogP contribution in [0.5, 0.6) is 0 Å². The Bertz CT molecular complexity index is 596. The van der Waals surface area contributed by atoms with Gasteiger partial charge >= 0.3 is 6.09 Å². The van der Waals surface area contributed by atoms with E-state index in [1.165, 1.54) is 38.5 Å². The zero-order valence-corrected chi connectivity index (χ0v) is 18.9. The van der Waals surface area contributed by atoms with Crippen LogP contribution in [0, 0.1) is 0 Å². The van der Waals surface area contributed by atoms with Crippen molar-refractivity contribution in [2.75, 3.05) is 0 Å². The number of likely N-dealkylation sites (tertiary alicyclic amines) is 1. The minimum Gasteiger partial charge on any atom is -0.444 e. The summed E-state index contributed by atoms with van der Waals surface area (Å²) in [4.78, 5) is 14.9. The van der Waals surface area contributed by atoms with E-state index < -0.39 is 11.7 Å². The molecule has 3 atom stereocenters. The van der Waals surface area contributed by atoms with Crippen LogP contribution in [0.2, 0.25) is 0 Å². The third-order valence-electron chi connectivity index (χ3n) is 5.74. The van der Waals surface area contributed by atoms with Crippen LogP contribution in [0.3, 0.4) is 0 Å². The number of unbranched alkanes of at least 4 members (excludes halogenated alkanes) is 6. The van der Waals surface area contributed by atoms with E-state index in [-0.39, 0.29) is 18.2 Å². The van der Waals surface area contributed by atoms with Crippen molar-refractivity contribution >= 4 is 6.09 Å². The maximum Gasteiger partial charge on any atom is 0.410 e. The summed E-state index contributed by atoms with van der Waals surface area (Å²) in [6, 6.07) is 9.96. The topological polar surface area (TPSA) is 49.8 Å². The number of hydrogen-bond donors (Lipinski definition) is 1. The number of aliphatic hydroxyl groups excluding tert-OH is 1. The van der Waals surface area contributed by atoms with Crippen LogP contribution in [-0.4, -0.2) is 39.9 Å². The highest BCUT2D eigenvalue weighted by molar-refractivity contribution is 5.69. The third-order valence-corrected chi connectivity index (χ3v) is 5.74. The van der Waals surface area contributed by atoms with Crippen LogP contribution in [0.25, 0.3) is 0 Å². The van der Waals surface area contributed by atoms with E-state index >= 15 is 0 Å². The Kier molecular flexibility index (Phi) is 9.48. The molecule has 0 bridgehead atoms. The van der Waals surface area contributed by atoms with E-state index in [1.807, 2.05) is 43.9 Å². The highest BCUT2D eigenvalue weighted by atomic mass is 16.6. The molecule has 0 spiro atoms. The molecule has 0 radical (unpaired) electrons. The lowest BCUT2D eigenvalue weighted by atomic mass is 10.0. The number of hydrogen-bond acceptors (Lipinski definition) is 3. The van der Waals surface area contributed by atoms with Crippen molar-refractivity contribution in [1.82, 2.24) is 4.90 Å². The van der Waals surface area contributed by atoms with Gasteiger partial charge < -0.3 is 9.84 Å². The van der Waals surface area contributed by atoms with Crippen LogP contribution in [-0.2, 0) is 11.2 Å². The van der Waals surface area contributed by atoms with Gasteiger partial charge in [0, 0.05) is 6.04 Å². The number of aliphatic hydroxyl groups is 1. The van der Waals surface area contributed by atoms with Gasteiger partial charge in [-0.3, -0.25) is 4.90 Å². The standard InChI is InChI=1S/C25H41NO3/c1-5-6-7-8-9-10-14-17-21-19-23(27)22(18-20-15-12-11-13-16-20)26(21)24(28)29-25(2,3)4/h11-13,15-16,21-23,27H,5-10,14,17-19H2,1-4H3/t21-,22+,23+/m1/s1. The summed E-state index contributed by atoms with van der Waals surface area (Å²) >= 11 is 0. The molecule has 1 aliphatic rings. The number of benzene rings is 1. The number of rotatable bonds is 10. The molecule has 164 valence electrons. The van der Waals surface area contributed by atoms with Gasteiger partial charge in [-0.1, -0.05) is 82.2 Å². The minimum absolute atomic E-state index is 0.0594. The van der Waals surface area contributed by atoms with Crippen molar-refractivity contribution in [3.8, 4) is 0 Å². The maximum atomic E-state index is 13.0. The molecule has 1 N–H and O–H groups in total. The number of carbonyl (C=O) groups excluding carboxylic acids is 1. The van der Waals surface area contributed by atoms with Gasteiger partial charge in [-0.15, -0.1) is 0 Å². The number of nitrogens with zero attached hydrogens (tertiary/aromatic N) is 1. The fourth-order valence-electron chi connectivity index (χ4n) is 4.29. The lowest BCUT2D eigenvalue weighted by Gasteiger charge is -2.33. The first-order chi connectivity index (χ1) is 13.8. The predicted octanol–water partition coefficient (Wildman–Crippen LogP) is 6.11. The van der Waals surface area contributed by atoms with Crippen LogP contribution >= 0.6 is 0 Å². The molecule has 0 aliphatic carbocycles. The highest BCUT2D eigenvalue weighted by Crippen LogP contribution is 2.32. The molecule has 4 heteroatoms. The lowest BCUT2D eigenvalue weighted by Crippen LogP contribution is -2.46. The van der Waals surface area contributed by atoms with E-state index in [0.717, 1.165) is 18.4 Å². The summed E-state index contributed by atoms with van der Waals surface area (Å²) in [6.07, 6.45) is 10.2. The van der Waals surface area contributed by atoms with Crippen molar-refractivity contribution < 1.29 is 14.6 Å². The fraction of sp³-hybridized carbons (Fsp3) is 0.720. The molecular weight excluding hydrogens is 362 g/mol. The van der Waals surface area contributed by atoms with Gasteiger partial charge in [0.2, 0.25) is 0 Å². The van der Waals surface area contributed by atoms with Crippen LogP contribution in [0.1, 0.15) is 91.0 Å². The average molecular weight is 404 g/mol. The first kappa shape index (κ1) is 23.7. The molecule has 1 amide bonds. The van der Waals surface area contributed by atoms with Crippen LogP contribution in [0.4, 0.5) is 4.79 Å². The van der Waals surface area contributed by atoms with Crippen molar-refractivity contribution in [1.29, 1.82) is 0 Å². The Morgan fingerprint density at radius 2 is 1.69 bits per heavy atom. The van der Waals surface area contributed by atoms with E-state index in [1.54, 1.807) is 0 Å². The van der Waals surface area contributed by atoms with E-state index in [0.29, 0.717) is 12.8 Å². The number of carbonyl (C=O) groups is 1. The third kappa shape index (κ3) is 8.00. The van der Waals surface area contributed by atoms with Gasteiger partial charge in [-0.2, -0.15) is 0 Å². The lowest BCUT2D eigenvalue weighted by molar-refractivity contribution is 0.00798. The van der Waals surface area contributed by atoms with E-state index in [2.05, 4.69) is 19.1 Å². The van der Waals surface area contributed by atoms with Gasteiger partial charge in [0.1, 0.15) is 5.60 Å². The molecule has 0 unspecified atom stereocenters. The Morgan fingerprint density at radius 1 is 1.07 bits per heavy atom. The van der Waals surface area contributed by atoms with Crippen molar-refractivity contribution in [2.45, 2.75) is 116 Å². The molecule has 1 aliphatic heterocycles.